The molecule has 6 heteroatoms. The highest BCUT2D eigenvalue weighted by Gasteiger charge is 2.37. The zero-order valence-corrected chi connectivity index (χ0v) is 10.1. The van der Waals surface area contributed by atoms with Crippen molar-refractivity contribution in [3.63, 3.8) is 0 Å². The predicted molar refractivity (Wildman–Crippen MR) is 67.3 cm³/mol. The van der Waals surface area contributed by atoms with Crippen LogP contribution in [0.5, 0.6) is 11.5 Å². The first-order valence-electron chi connectivity index (χ1n) is 5.63. The van der Waals surface area contributed by atoms with Crippen LogP contribution in [-0.4, -0.2) is 17.1 Å². The van der Waals surface area contributed by atoms with E-state index in [-0.39, 0.29) is 5.56 Å². The summed E-state index contributed by atoms with van der Waals surface area (Å²) in [5.74, 6) is 0.964. The van der Waals surface area contributed by atoms with Gasteiger partial charge in [0.2, 0.25) is 0 Å². The average molecular weight is 281 g/mol. The first kappa shape index (κ1) is 13.9. The lowest BCUT2D eigenvalue weighted by atomic mass is 10.1. The fourth-order valence-electron chi connectivity index (χ4n) is 1.58. The van der Waals surface area contributed by atoms with Crippen molar-refractivity contribution < 1.29 is 23.1 Å². The lowest BCUT2D eigenvalue weighted by Crippen LogP contribution is -2.23. The predicted octanol–water partition coefficient (Wildman–Crippen LogP) is 4.22. The monoisotopic (exact) mass is 281 g/mol. The molecule has 3 nitrogen and oxygen atoms in total. The van der Waals surface area contributed by atoms with Crippen molar-refractivity contribution in [1.82, 2.24) is 0 Å². The molecule has 2 aromatic carbocycles. The van der Waals surface area contributed by atoms with Crippen LogP contribution in [0.1, 0.15) is 5.56 Å². The Labute approximate surface area is 112 Å². The molecule has 0 amide bonds. The van der Waals surface area contributed by atoms with E-state index in [9.17, 15) is 13.2 Å². The fourth-order valence-corrected chi connectivity index (χ4v) is 1.58. The van der Waals surface area contributed by atoms with Crippen LogP contribution in [0.2, 0.25) is 0 Å². The van der Waals surface area contributed by atoms with Gasteiger partial charge in [0, 0.05) is 5.56 Å². The third-order valence-corrected chi connectivity index (χ3v) is 2.48. The first-order valence-corrected chi connectivity index (χ1v) is 5.63. The van der Waals surface area contributed by atoms with Crippen molar-refractivity contribution in [1.29, 1.82) is 0 Å². The summed E-state index contributed by atoms with van der Waals surface area (Å²) in [6, 6.07) is 14.0. The van der Waals surface area contributed by atoms with Crippen LogP contribution in [0.3, 0.4) is 0 Å². The summed E-state index contributed by atoms with van der Waals surface area (Å²) >= 11 is 0. The van der Waals surface area contributed by atoms with Gasteiger partial charge in [0.15, 0.2) is 5.71 Å². The van der Waals surface area contributed by atoms with Crippen LogP contribution in [-0.2, 0) is 0 Å². The topological polar surface area (TPSA) is 41.8 Å². The number of oxime groups is 1. The van der Waals surface area contributed by atoms with E-state index in [1.807, 2.05) is 6.07 Å². The Morgan fingerprint density at radius 2 is 1.45 bits per heavy atom. The van der Waals surface area contributed by atoms with Crippen molar-refractivity contribution in [2.75, 3.05) is 0 Å². The molecule has 104 valence electrons. The molecule has 2 rings (SSSR count). The molecule has 0 radical (unpaired) electrons. The lowest BCUT2D eigenvalue weighted by Gasteiger charge is -2.10. The largest absolute Gasteiger partial charge is 0.457 e. The maximum Gasteiger partial charge on any atom is 0.437 e. The number of benzene rings is 2. The van der Waals surface area contributed by atoms with E-state index in [2.05, 4.69) is 5.16 Å². The van der Waals surface area contributed by atoms with Crippen LogP contribution in [0.25, 0.3) is 0 Å². The Morgan fingerprint density at radius 3 is 1.95 bits per heavy atom. The summed E-state index contributed by atoms with van der Waals surface area (Å²) in [5.41, 5.74) is -1.58. The lowest BCUT2D eigenvalue weighted by molar-refractivity contribution is -0.0601. The summed E-state index contributed by atoms with van der Waals surface area (Å²) in [5, 5.41) is 10.8. The molecule has 20 heavy (non-hydrogen) atoms. The molecule has 1 N–H and O–H groups in total. The number of hydrogen-bond acceptors (Lipinski definition) is 3. The SMILES string of the molecule is O/N=C(/c1ccc(Oc2ccccc2)cc1)C(F)(F)F. The molecular weight excluding hydrogens is 271 g/mol. The second-order valence-corrected chi connectivity index (χ2v) is 3.89. The van der Waals surface area contributed by atoms with Crippen molar-refractivity contribution in [2.24, 2.45) is 5.16 Å². The normalized spacial score (nSPS) is 12.2. The highest BCUT2D eigenvalue weighted by Crippen LogP contribution is 2.25. The number of para-hydroxylation sites is 1. The molecule has 0 aliphatic carbocycles. The minimum atomic E-state index is -4.71. The van der Waals surface area contributed by atoms with Gasteiger partial charge >= 0.3 is 6.18 Å². The first-order chi connectivity index (χ1) is 9.50. The van der Waals surface area contributed by atoms with Crippen LogP contribution < -0.4 is 4.74 Å². The van der Waals surface area contributed by atoms with Crippen LogP contribution in [0.4, 0.5) is 13.2 Å². The molecule has 0 aliphatic heterocycles. The Hall–Kier alpha value is -2.50. The van der Waals surface area contributed by atoms with Gasteiger partial charge in [-0.05, 0) is 36.4 Å². The summed E-state index contributed by atoms with van der Waals surface area (Å²) in [7, 11) is 0. The van der Waals surface area contributed by atoms with Crippen molar-refractivity contribution in [3.05, 3.63) is 60.2 Å². The van der Waals surface area contributed by atoms with Gasteiger partial charge < -0.3 is 9.94 Å². The fraction of sp³-hybridized carbons (Fsp3) is 0.0714. The molecule has 0 saturated carbocycles. The van der Waals surface area contributed by atoms with Gasteiger partial charge in [-0.2, -0.15) is 13.2 Å². The van der Waals surface area contributed by atoms with Gasteiger partial charge in [-0.1, -0.05) is 23.4 Å². The summed E-state index contributed by atoms with van der Waals surface area (Å²) in [4.78, 5) is 0. The van der Waals surface area contributed by atoms with Gasteiger partial charge in [-0.3, -0.25) is 0 Å². The zero-order valence-electron chi connectivity index (χ0n) is 10.1. The molecular formula is C14H10F3NO2. The van der Waals surface area contributed by atoms with Gasteiger partial charge in [0.1, 0.15) is 11.5 Å². The quantitative estimate of drug-likeness (QED) is 0.520. The Balaban J connectivity index is 2.19. The summed E-state index contributed by atoms with van der Waals surface area (Å²) in [6.45, 7) is 0. The van der Waals surface area contributed by atoms with Crippen LogP contribution >= 0.6 is 0 Å². The third kappa shape index (κ3) is 3.28. The molecule has 0 spiro atoms. The van der Waals surface area contributed by atoms with Crippen molar-refractivity contribution >= 4 is 5.71 Å². The van der Waals surface area contributed by atoms with E-state index in [1.54, 1.807) is 24.3 Å². The average Bonchev–Trinajstić information content (AvgIpc) is 2.41. The maximum absolute atomic E-state index is 12.5. The van der Waals surface area contributed by atoms with E-state index < -0.39 is 11.9 Å². The molecule has 0 aliphatic rings. The second kappa shape index (κ2) is 5.64. The van der Waals surface area contributed by atoms with Gasteiger partial charge in [0.05, 0.1) is 0 Å². The number of rotatable bonds is 3. The molecule has 0 atom stereocenters. The third-order valence-electron chi connectivity index (χ3n) is 2.48. The van der Waals surface area contributed by atoms with Crippen molar-refractivity contribution in [2.45, 2.75) is 6.18 Å². The van der Waals surface area contributed by atoms with Gasteiger partial charge in [-0.15, -0.1) is 0 Å². The van der Waals surface area contributed by atoms with E-state index in [4.69, 9.17) is 9.94 Å². The minimum absolute atomic E-state index is 0.236. The van der Waals surface area contributed by atoms with Crippen LogP contribution in [0.15, 0.2) is 59.8 Å². The number of ether oxygens (including phenoxy) is 1. The standard InChI is InChI=1S/C14H10F3NO2/c15-14(16,17)13(18-19)10-6-8-12(9-7-10)20-11-4-2-1-3-5-11/h1-9,19H/b18-13-. The summed E-state index contributed by atoms with van der Waals surface area (Å²) < 4.78 is 43.0. The Morgan fingerprint density at radius 1 is 0.900 bits per heavy atom. The minimum Gasteiger partial charge on any atom is -0.457 e. The highest BCUT2D eigenvalue weighted by molar-refractivity contribution is 6.04. The molecule has 0 aromatic heterocycles. The number of alkyl halides is 3. The Kier molecular flexibility index (Phi) is 3.93. The van der Waals surface area contributed by atoms with E-state index in [0.29, 0.717) is 11.5 Å². The smallest absolute Gasteiger partial charge is 0.437 e. The Bertz CT molecular complexity index is 592. The van der Waals surface area contributed by atoms with Gasteiger partial charge in [-0.25, -0.2) is 0 Å². The molecule has 0 bridgehead atoms. The molecule has 0 heterocycles. The molecule has 0 unspecified atom stereocenters. The maximum atomic E-state index is 12.5. The summed E-state index contributed by atoms with van der Waals surface area (Å²) in [6.07, 6.45) is -4.71. The second-order valence-electron chi connectivity index (χ2n) is 3.89. The number of halogens is 3. The van der Waals surface area contributed by atoms with E-state index in [1.165, 1.54) is 24.3 Å². The van der Waals surface area contributed by atoms with E-state index >= 15 is 0 Å². The molecule has 0 saturated heterocycles. The number of nitrogens with zero attached hydrogens (tertiary/aromatic N) is 1. The molecule has 2 aromatic rings. The zero-order chi connectivity index (χ0) is 14.6. The van der Waals surface area contributed by atoms with E-state index in [0.717, 1.165) is 0 Å². The van der Waals surface area contributed by atoms with Gasteiger partial charge in [0.25, 0.3) is 0 Å². The molecule has 0 fully saturated rings. The highest BCUT2D eigenvalue weighted by atomic mass is 19.4. The van der Waals surface area contributed by atoms with Crippen molar-refractivity contribution in [3.8, 4) is 11.5 Å². The number of hydrogen-bond donors (Lipinski definition) is 1. The van der Waals surface area contributed by atoms with Crippen LogP contribution in [0, 0.1) is 0 Å².